The fourth-order valence-electron chi connectivity index (χ4n) is 1.51. The van der Waals surface area contributed by atoms with Crippen LogP contribution in [0.1, 0.15) is 31.2 Å². The number of rotatable bonds is 6. The molecule has 81 valence electrons. The predicted octanol–water partition coefficient (Wildman–Crippen LogP) is 3.53. The molecule has 0 unspecified atom stereocenters. The standard InChI is InChI=1S/C12H16NO2/c1-2-3-4-5-7-11-8-6-9-12(10-11)13(14)15/h6,8-10H,1-5,7H2. The van der Waals surface area contributed by atoms with Crippen LogP contribution in [0.3, 0.4) is 0 Å². The number of benzene rings is 1. The number of nitro benzene ring substituents is 1. The SMILES string of the molecule is [CH2]CCCCCc1cccc([N+](=O)[O-])c1. The average Bonchev–Trinajstić information content (AvgIpc) is 2.25. The molecule has 1 aromatic rings. The Kier molecular flexibility index (Phi) is 4.81. The van der Waals surface area contributed by atoms with E-state index in [9.17, 15) is 10.1 Å². The van der Waals surface area contributed by atoms with Crippen LogP contribution in [-0.2, 0) is 6.42 Å². The summed E-state index contributed by atoms with van der Waals surface area (Å²) in [4.78, 5) is 10.2. The quantitative estimate of drug-likeness (QED) is 0.406. The van der Waals surface area contributed by atoms with Gasteiger partial charge in [-0.15, -0.1) is 0 Å². The molecular weight excluding hydrogens is 190 g/mol. The first-order chi connectivity index (χ1) is 7.24. The Hall–Kier alpha value is -1.38. The van der Waals surface area contributed by atoms with Crippen LogP contribution < -0.4 is 0 Å². The van der Waals surface area contributed by atoms with Crippen molar-refractivity contribution in [3.8, 4) is 0 Å². The molecule has 1 aromatic carbocycles. The molecule has 15 heavy (non-hydrogen) atoms. The van der Waals surface area contributed by atoms with Crippen molar-refractivity contribution < 1.29 is 4.92 Å². The summed E-state index contributed by atoms with van der Waals surface area (Å²) in [5.41, 5.74) is 1.23. The minimum absolute atomic E-state index is 0.185. The molecule has 0 atom stereocenters. The molecule has 0 fully saturated rings. The lowest BCUT2D eigenvalue weighted by Crippen LogP contribution is -1.91. The van der Waals surface area contributed by atoms with E-state index < -0.39 is 0 Å². The Morgan fingerprint density at radius 2 is 2.07 bits per heavy atom. The van der Waals surface area contributed by atoms with E-state index in [1.165, 1.54) is 6.07 Å². The second-order valence-electron chi connectivity index (χ2n) is 3.59. The second kappa shape index (κ2) is 6.17. The van der Waals surface area contributed by atoms with E-state index in [0.717, 1.165) is 37.7 Å². The number of nitro groups is 1. The number of aryl methyl sites for hydroxylation is 1. The molecule has 0 N–H and O–H groups in total. The Labute approximate surface area is 90.3 Å². The monoisotopic (exact) mass is 206 g/mol. The van der Waals surface area contributed by atoms with Crippen LogP contribution >= 0.6 is 0 Å². The minimum Gasteiger partial charge on any atom is -0.258 e. The van der Waals surface area contributed by atoms with Gasteiger partial charge >= 0.3 is 0 Å². The fraction of sp³-hybridized carbons (Fsp3) is 0.417. The molecule has 0 bridgehead atoms. The van der Waals surface area contributed by atoms with Crippen molar-refractivity contribution in [3.05, 3.63) is 46.9 Å². The Morgan fingerprint density at radius 3 is 2.73 bits per heavy atom. The summed E-state index contributed by atoms with van der Waals surface area (Å²) in [6, 6.07) is 6.87. The van der Waals surface area contributed by atoms with E-state index in [-0.39, 0.29) is 10.6 Å². The van der Waals surface area contributed by atoms with Crippen molar-refractivity contribution in [3.63, 3.8) is 0 Å². The topological polar surface area (TPSA) is 43.1 Å². The summed E-state index contributed by atoms with van der Waals surface area (Å²) in [5, 5.41) is 10.5. The zero-order chi connectivity index (χ0) is 11.1. The highest BCUT2D eigenvalue weighted by molar-refractivity contribution is 5.34. The van der Waals surface area contributed by atoms with Crippen LogP contribution in [0.2, 0.25) is 0 Å². The summed E-state index contributed by atoms with van der Waals surface area (Å²) in [6.07, 6.45) is 5.24. The molecule has 3 heteroatoms. The maximum atomic E-state index is 10.5. The smallest absolute Gasteiger partial charge is 0.258 e. The van der Waals surface area contributed by atoms with Crippen molar-refractivity contribution in [2.75, 3.05) is 0 Å². The number of nitrogens with zero attached hydrogens (tertiary/aromatic N) is 1. The van der Waals surface area contributed by atoms with Crippen LogP contribution in [0.4, 0.5) is 5.69 Å². The molecule has 0 aliphatic rings. The molecular formula is C12H16NO2. The van der Waals surface area contributed by atoms with Gasteiger partial charge in [-0.1, -0.05) is 38.3 Å². The zero-order valence-corrected chi connectivity index (χ0v) is 8.82. The van der Waals surface area contributed by atoms with Gasteiger partial charge < -0.3 is 0 Å². The summed E-state index contributed by atoms with van der Waals surface area (Å²) in [5.74, 6) is 0. The molecule has 0 aliphatic heterocycles. The Morgan fingerprint density at radius 1 is 1.27 bits per heavy atom. The minimum atomic E-state index is -0.348. The van der Waals surface area contributed by atoms with Gasteiger partial charge in [0.1, 0.15) is 0 Å². The van der Waals surface area contributed by atoms with Gasteiger partial charge in [-0.2, -0.15) is 0 Å². The van der Waals surface area contributed by atoms with Gasteiger partial charge in [0.25, 0.3) is 5.69 Å². The van der Waals surface area contributed by atoms with Crippen molar-refractivity contribution in [2.24, 2.45) is 0 Å². The molecule has 1 rings (SSSR count). The van der Waals surface area contributed by atoms with Crippen molar-refractivity contribution in [1.29, 1.82) is 0 Å². The molecule has 0 aliphatic carbocycles. The summed E-state index contributed by atoms with van der Waals surface area (Å²) < 4.78 is 0. The second-order valence-corrected chi connectivity index (χ2v) is 3.59. The first-order valence-electron chi connectivity index (χ1n) is 5.26. The van der Waals surface area contributed by atoms with E-state index >= 15 is 0 Å². The largest absolute Gasteiger partial charge is 0.269 e. The molecule has 0 spiro atoms. The van der Waals surface area contributed by atoms with E-state index in [1.54, 1.807) is 12.1 Å². The third kappa shape index (κ3) is 4.11. The van der Waals surface area contributed by atoms with Gasteiger partial charge in [0.15, 0.2) is 0 Å². The van der Waals surface area contributed by atoms with Gasteiger partial charge in [-0.05, 0) is 18.4 Å². The molecule has 0 saturated carbocycles. The highest BCUT2D eigenvalue weighted by Gasteiger charge is 2.04. The summed E-state index contributed by atoms with van der Waals surface area (Å²) in [6.45, 7) is 3.78. The first-order valence-corrected chi connectivity index (χ1v) is 5.26. The van der Waals surface area contributed by atoms with Gasteiger partial charge in [0.2, 0.25) is 0 Å². The van der Waals surface area contributed by atoms with Crippen LogP contribution in [0.25, 0.3) is 0 Å². The van der Waals surface area contributed by atoms with Gasteiger partial charge in [0.05, 0.1) is 4.92 Å². The van der Waals surface area contributed by atoms with Gasteiger partial charge in [0, 0.05) is 12.1 Å². The van der Waals surface area contributed by atoms with Gasteiger partial charge in [-0.3, -0.25) is 10.1 Å². The van der Waals surface area contributed by atoms with E-state index in [2.05, 4.69) is 6.92 Å². The third-order valence-electron chi connectivity index (χ3n) is 2.34. The number of unbranched alkanes of at least 4 members (excludes halogenated alkanes) is 3. The fourth-order valence-corrected chi connectivity index (χ4v) is 1.51. The number of hydrogen-bond acceptors (Lipinski definition) is 2. The third-order valence-corrected chi connectivity index (χ3v) is 2.34. The Balaban J connectivity index is 2.47. The predicted molar refractivity (Wildman–Crippen MR) is 60.6 cm³/mol. The maximum absolute atomic E-state index is 10.5. The van der Waals surface area contributed by atoms with Crippen molar-refractivity contribution in [2.45, 2.75) is 32.1 Å². The van der Waals surface area contributed by atoms with Crippen molar-refractivity contribution in [1.82, 2.24) is 0 Å². The van der Waals surface area contributed by atoms with Crippen LogP contribution in [0, 0.1) is 17.0 Å². The lowest BCUT2D eigenvalue weighted by atomic mass is 10.1. The van der Waals surface area contributed by atoms with Crippen molar-refractivity contribution >= 4 is 5.69 Å². The molecule has 0 amide bonds. The van der Waals surface area contributed by atoms with E-state index in [4.69, 9.17) is 0 Å². The number of non-ortho nitro benzene ring substituents is 1. The van der Waals surface area contributed by atoms with Crippen LogP contribution in [-0.4, -0.2) is 4.92 Å². The Bertz CT molecular complexity index is 323. The first kappa shape index (κ1) is 11.7. The molecule has 1 radical (unpaired) electrons. The lowest BCUT2D eigenvalue weighted by molar-refractivity contribution is -0.384. The molecule has 0 saturated heterocycles. The highest BCUT2D eigenvalue weighted by Crippen LogP contribution is 2.15. The zero-order valence-electron chi connectivity index (χ0n) is 8.82. The summed E-state index contributed by atoms with van der Waals surface area (Å²) in [7, 11) is 0. The highest BCUT2D eigenvalue weighted by atomic mass is 16.6. The molecule has 3 nitrogen and oxygen atoms in total. The van der Waals surface area contributed by atoms with Gasteiger partial charge in [-0.25, -0.2) is 0 Å². The molecule has 0 heterocycles. The number of hydrogen-bond donors (Lipinski definition) is 0. The lowest BCUT2D eigenvalue weighted by Gasteiger charge is -2.00. The summed E-state index contributed by atoms with van der Waals surface area (Å²) >= 11 is 0. The van der Waals surface area contributed by atoms with E-state index in [0.29, 0.717) is 0 Å². The normalized spacial score (nSPS) is 10.2. The van der Waals surface area contributed by atoms with Crippen LogP contribution in [0.15, 0.2) is 24.3 Å². The van der Waals surface area contributed by atoms with E-state index in [1.807, 2.05) is 6.07 Å². The maximum Gasteiger partial charge on any atom is 0.269 e. The average molecular weight is 206 g/mol. The molecule has 0 aromatic heterocycles. The van der Waals surface area contributed by atoms with Crippen LogP contribution in [0.5, 0.6) is 0 Å².